The minimum absolute atomic E-state index is 0.832. The Labute approximate surface area is 669 Å². The van der Waals surface area contributed by atoms with E-state index in [4.69, 9.17) is 0 Å². The van der Waals surface area contributed by atoms with Crippen molar-refractivity contribution in [3.63, 3.8) is 0 Å². The zero-order valence-corrected chi connectivity index (χ0v) is 72.4. The number of rotatable bonds is 16. The standard InChI is InChI=1S/C106H174N2/c1-69-33-49-81(50-34-69)73(5)65-77-41-57-85(58-42-77)107(86-59-43-78(44-60-86)66-74(6)82-51-35-70(2)36-52-82)105-97-29-17-13-25-93(97)103(94-26-14-18-30-98(94)105)101-89-21-9-11-23-91(89)102(92-24-12-10-22-90(92)101)104-95-27-15-19-31-99(95)106(100-32-20-16-28-96(100)104)108(87-61-45-79(46-62-87)67-75(7)83-53-37-71(3)38-54-83)88-63-47-80(48-64-88)68-76(8)84-55-39-72(4)40-56-84/h65-72,77-106H,9-64H2,1-8H3/b73-65+,74-66+,75-67+,76-68+. The second kappa shape index (κ2) is 36.4. The van der Waals surface area contributed by atoms with E-state index in [1.54, 1.807) is 176 Å². The molecular weight excluding hydrogens is 1300 g/mol. The number of allylic oxidation sites excluding steroid dienone is 8. The van der Waals surface area contributed by atoms with Crippen molar-refractivity contribution in [1.29, 1.82) is 0 Å². The van der Waals surface area contributed by atoms with Gasteiger partial charge in [-0.2, -0.15) is 0 Å². The Kier molecular flexibility index (Phi) is 26.7. The van der Waals surface area contributed by atoms with Crippen molar-refractivity contribution in [2.24, 2.45) is 166 Å². The molecule has 0 spiro atoms. The largest absolute Gasteiger partial charge is 0.294 e. The fourth-order valence-corrected chi connectivity index (χ4v) is 34.5. The van der Waals surface area contributed by atoms with Gasteiger partial charge in [-0.25, -0.2) is 0 Å². The maximum absolute atomic E-state index is 3.64. The Morgan fingerprint density at radius 3 is 0.519 bits per heavy atom. The van der Waals surface area contributed by atoms with Gasteiger partial charge in [0.1, 0.15) is 0 Å². The second-order valence-corrected chi connectivity index (χ2v) is 45.6. The fraction of sp³-hybridized carbons (Fsp3) is 0.925. The van der Waals surface area contributed by atoms with Gasteiger partial charge in [0.25, 0.3) is 0 Å². The van der Waals surface area contributed by atoms with Crippen molar-refractivity contribution in [1.82, 2.24) is 9.80 Å². The zero-order valence-electron chi connectivity index (χ0n) is 72.4. The van der Waals surface area contributed by atoms with Crippen molar-refractivity contribution < 1.29 is 0 Å². The summed E-state index contributed by atoms with van der Waals surface area (Å²) >= 11 is 0. The lowest BCUT2D eigenvalue weighted by atomic mass is 9.38. The van der Waals surface area contributed by atoms with E-state index in [-0.39, 0.29) is 0 Å². The van der Waals surface area contributed by atoms with Crippen LogP contribution in [0.3, 0.4) is 0 Å². The van der Waals surface area contributed by atoms with E-state index in [2.05, 4.69) is 89.5 Å². The average molecular weight is 1480 g/mol. The van der Waals surface area contributed by atoms with Crippen LogP contribution in [0, 0.1) is 166 Å². The van der Waals surface area contributed by atoms with Crippen LogP contribution in [0.25, 0.3) is 0 Å². The van der Waals surface area contributed by atoms with Gasteiger partial charge in [0.2, 0.25) is 0 Å². The maximum atomic E-state index is 3.64. The smallest absolute Gasteiger partial charge is 0.0163 e. The number of fused-ring (bicyclic) bond motifs is 6. The van der Waals surface area contributed by atoms with E-state index in [9.17, 15) is 0 Å². The van der Waals surface area contributed by atoms with E-state index < -0.39 is 0 Å². The topological polar surface area (TPSA) is 6.48 Å². The molecular formula is C106H174N2. The first-order valence-electron chi connectivity index (χ1n) is 51.1. The molecule has 17 aliphatic carbocycles. The lowest BCUT2D eigenvalue weighted by molar-refractivity contribution is -0.201. The summed E-state index contributed by atoms with van der Waals surface area (Å²) in [5, 5.41) is 0. The molecule has 0 bridgehead atoms. The molecule has 12 unspecified atom stereocenters. The first kappa shape index (κ1) is 79.4. The third kappa shape index (κ3) is 17.2. The van der Waals surface area contributed by atoms with Crippen LogP contribution < -0.4 is 0 Å². The Morgan fingerprint density at radius 1 is 0.185 bits per heavy atom. The van der Waals surface area contributed by atoms with Crippen LogP contribution in [-0.2, 0) is 0 Å². The van der Waals surface area contributed by atoms with Crippen LogP contribution in [0.15, 0.2) is 46.6 Å². The zero-order chi connectivity index (χ0) is 73.5. The van der Waals surface area contributed by atoms with Crippen LogP contribution in [0.5, 0.6) is 0 Å². The predicted octanol–water partition coefficient (Wildman–Crippen LogP) is 30.0. The van der Waals surface area contributed by atoms with Crippen molar-refractivity contribution in [2.45, 2.75) is 451 Å². The van der Waals surface area contributed by atoms with Gasteiger partial charge in [-0.1, -0.05) is 203 Å². The Balaban J connectivity index is 0.666. The first-order valence-corrected chi connectivity index (χ1v) is 51.1. The van der Waals surface area contributed by atoms with E-state index in [0.29, 0.717) is 0 Å². The molecule has 17 fully saturated rings. The highest BCUT2D eigenvalue weighted by molar-refractivity contribution is 5.19. The summed E-state index contributed by atoms with van der Waals surface area (Å²) < 4.78 is 0. The van der Waals surface area contributed by atoms with E-state index in [1.165, 1.54) is 205 Å². The molecule has 108 heavy (non-hydrogen) atoms. The summed E-state index contributed by atoms with van der Waals surface area (Å²) in [5.41, 5.74) is 7.21. The van der Waals surface area contributed by atoms with E-state index in [0.717, 1.165) is 202 Å². The molecule has 0 aromatic rings. The lowest BCUT2D eigenvalue weighted by Gasteiger charge is -2.69. The van der Waals surface area contributed by atoms with Crippen LogP contribution >= 0.6 is 0 Å². The Bertz CT molecular complexity index is 2530. The van der Waals surface area contributed by atoms with Gasteiger partial charge in [-0.05, 0) is 425 Å². The van der Waals surface area contributed by atoms with Crippen LogP contribution in [0.1, 0.15) is 415 Å². The summed E-state index contributed by atoms with van der Waals surface area (Å²) in [5.74, 6) is 26.9. The molecule has 2 heteroatoms. The van der Waals surface area contributed by atoms with Gasteiger partial charge in [-0.15, -0.1) is 0 Å². The van der Waals surface area contributed by atoms with Crippen LogP contribution in [0.4, 0.5) is 0 Å². The summed E-state index contributed by atoms with van der Waals surface area (Å²) in [6.07, 6.45) is 97.1. The molecule has 2 nitrogen and oxygen atoms in total. The van der Waals surface area contributed by atoms with Crippen LogP contribution in [0.2, 0.25) is 0 Å². The van der Waals surface area contributed by atoms with E-state index in [1.807, 2.05) is 0 Å². The Hall–Kier alpha value is -1.12. The molecule has 17 saturated carbocycles. The molecule has 608 valence electrons. The molecule has 0 amide bonds. The van der Waals surface area contributed by atoms with Gasteiger partial charge in [0.05, 0.1) is 0 Å². The molecule has 17 rings (SSSR count). The quantitative estimate of drug-likeness (QED) is 0.142. The lowest BCUT2D eigenvalue weighted by Crippen LogP contribution is -2.67. The van der Waals surface area contributed by atoms with E-state index >= 15 is 0 Å². The maximum Gasteiger partial charge on any atom is 0.0163 e. The highest BCUT2D eigenvalue weighted by Gasteiger charge is 2.66. The molecule has 12 atom stereocenters. The van der Waals surface area contributed by atoms with Crippen molar-refractivity contribution >= 4 is 0 Å². The minimum atomic E-state index is 0.832. The molecule has 0 saturated heterocycles. The first-order chi connectivity index (χ1) is 52.8. The monoisotopic (exact) mass is 1480 g/mol. The normalized spacial score (nSPS) is 49.1. The molecule has 17 aliphatic rings. The summed E-state index contributed by atoms with van der Waals surface area (Å²) in [6.45, 7) is 20.5. The molecule has 0 N–H and O–H groups in total. The summed E-state index contributed by atoms with van der Waals surface area (Å²) in [4.78, 5) is 7.28. The third-order valence-electron chi connectivity index (χ3n) is 39.8. The van der Waals surface area contributed by atoms with Gasteiger partial charge >= 0.3 is 0 Å². The third-order valence-corrected chi connectivity index (χ3v) is 39.8. The molecule has 0 aromatic carbocycles. The fourth-order valence-electron chi connectivity index (χ4n) is 34.5. The number of hydrogen-bond acceptors (Lipinski definition) is 2. The summed E-state index contributed by atoms with van der Waals surface area (Å²) in [6, 6.07) is 5.08. The SMILES string of the molecule is C/C(=C\C1CCC(N(C2CCC(/C=C(\C)C3CCC(C)CC3)CC2)C2C3CCCCC3C(C3C4CCCCC4C(C4C5CCCCC5C(N(C5CCC(/C=C(\C)C6CCC(C)CC6)CC5)C5CCC(/C=C(\C)C6CCC(C)CC6)CC5)C5CCCCC54)C4CCCCC43)C3CCCCC32)CC1)C1CCC(C)CC1. The molecule has 0 heterocycles. The number of hydrogen-bond donors (Lipinski definition) is 0. The Morgan fingerprint density at radius 2 is 0.343 bits per heavy atom. The van der Waals surface area contributed by atoms with Crippen molar-refractivity contribution in [3.8, 4) is 0 Å². The molecule has 0 aliphatic heterocycles. The second-order valence-electron chi connectivity index (χ2n) is 45.6. The summed E-state index contributed by atoms with van der Waals surface area (Å²) in [7, 11) is 0. The van der Waals surface area contributed by atoms with Crippen LogP contribution in [-0.4, -0.2) is 46.1 Å². The minimum Gasteiger partial charge on any atom is -0.294 e. The van der Waals surface area contributed by atoms with Gasteiger partial charge in [-0.3, -0.25) is 9.80 Å². The van der Waals surface area contributed by atoms with Gasteiger partial charge in [0, 0.05) is 36.3 Å². The molecule has 0 aromatic heterocycles. The molecule has 0 radical (unpaired) electrons. The highest BCUT2D eigenvalue weighted by Crippen LogP contribution is 2.70. The van der Waals surface area contributed by atoms with Crippen molar-refractivity contribution in [3.05, 3.63) is 46.6 Å². The highest BCUT2D eigenvalue weighted by atomic mass is 15.2. The average Bonchev–Trinajstić information content (AvgIpc) is 0.703. The number of nitrogens with zero attached hydrogens (tertiary/aromatic N) is 2. The van der Waals surface area contributed by atoms with Gasteiger partial charge in [0.15, 0.2) is 0 Å². The van der Waals surface area contributed by atoms with Gasteiger partial charge < -0.3 is 0 Å². The predicted molar refractivity (Wildman–Crippen MR) is 460 cm³/mol. The van der Waals surface area contributed by atoms with Crippen molar-refractivity contribution in [2.75, 3.05) is 0 Å².